The largest absolute Gasteiger partial charge is 0.384 e. The van der Waals surface area contributed by atoms with E-state index in [2.05, 4.69) is 24.0 Å². The third kappa shape index (κ3) is 2.86. The summed E-state index contributed by atoms with van der Waals surface area (Å²) in [6.45, 7) is 2.64. The van der Waals surface area contributed by atoms with Gasteiger partial charge in [-0.05, 0) is 35.7 Å². The van der Waals surface area contributed by atoms with Crippen molar-refractivity contribution in [3.8, 4) is 21.7 Å². The maximum Gasteiger partial charge on any atom is 0.123 e. The molecule has 0 atom stereocenters. The lowest BCUT2D eigenvalue weighted by molar-refractivity contribution is 1.07. The van der Waals surface area contributed by atoms with E-state index >= 15 is 0 Å². The van der Waals surface area contributed by atoms with Crippen LogP contribution in [0.4, 0.5) is 5.82 Å². The smallest absolute Gasteiger partial charge is 0.123 e. The van der Waals surface area contributed by atoms with Gasteiger partial charge in [-0.15, -0.1) is 11.3 Å². The Balaban J connectivity index is 2.16. The van der Waals surface area contributed by atoms with Crippen LogP contribution < -0.4 is 11.5 Å². The number of benzene rings is 1. The zero-order chi connectivity index (χ0) is 15.5. The Kier molecular flexibility index (Phi) is 4.18. The SMILES string of the molecule is CCc1nc(-c2cccc(CN)c2)c(-c2ccnc(N)c2)s1. The predicted molar refractivity (Wildman–Crippen MR) is 92.5 cm³/mol. The quantitative estimate of drug-likeness (QED) is 0.773. The number of nitrogens with two attached hydrogens (primary N) is 2. The fourth-order valence-corrected chi connectivity index (χ4v) is 3.36. The summed E-state index contributed by atoms with van der Waals surface area (Å²) in [5, 5.41) is 1.11. The molecule has 0 aliphatic carbocycles. The Hall–Kier alpha value is -2.24. The summed E-state index contributed by atoms with van der Waals surface area (Å²) in [6, 6.07) is 12.1. The van der Waals surface area contributed by atoms with E-state index in [1.807, 2.05) is 24.3 Å². The number of aromatic nitrogens is 2. The second kappa shape index (κ2) is 6.25. The van der Waals surface area contributed by atoms with E-state index in [-0.39, 0.29) is 0 Å². The summed E-state index contributed by atoms with van der Waals surface area (Å²) in [6.07, 6.45) is 2.64. The van der Waals surface area contributed by atoms with Crippen molar-refractivity contribution in [1.29, 1.82) is 0 Å². The Morgan fingerprint density at radius 3 is 2.73 bits per heavy atom. The lowest BCUT2D eigenvalue weighted by Gasteiger charge is -2.05. The number of rotatable bonds is 4. The highest BCUT2D eigenvalue weighted by atomic mass is 32.1. The van der Waals surface area contributed by atoms with Crippen molar-refractivity contribution in [2.45, 2.75) is 19.9 Å². The number of hydrogen-bond acceptors (Lipinski definition) is 5. The van der Waals surface area contributed by atoms with Gasteiger partial charge in [-0.25, -0.2) is 9.97 Å². The molecule has 0 fully saturated rings. The highest BCUT2D eigenvalue weighted by Crippen LogP contribution is 2.37. The van der Waals surface area contributed by atoms with Gasteiger partial charge in [-0.3, -0.25) is 0 Å². The van der Waals surface area contributed by atoms with E-state index < -0.39 is 0 Å². The van der Waals surface area contributed by atoms with Crippen molar-refractivity contribution in [2.24, 2.45) is 5.73 Å². The van der Waals surface area contributed by atoms with Crippen molar-refractivity contribution in [1.82, 2.24) is 9.97 Å². The van der Waals surface area contributed by atoms with Gasteiger partial charge in [0.15, 0.2) is 0 Å². The molecule has 0 radical (unpaired) electrons. The third-order valence-corrected chi connectivity index (χ3v) is 4.70. The molecule has 0 saturated heterocycles. The molecule has 0 aliphatic rings. The van der Waals surface area contributed by atoms with Crippen LogP contribution in [-0.2, 0) is 13.0 Å². The summed E-state index contributed by atoms with van der Waals surface area (Å²) < 4.78 is 0. The minimum Gasteiger partial charge on any atom is -0.384 e. The van der Waals surface area contributed by atoms with Crippen molar-refractivity contribution in [2.75, 3.05) is 5.73 Å². The normalized spacial score (nSPS) is 10.8. The second-order valence-electron chi connectivity index (χ2n) is 5.01. The third-order valence-electron chi connectivity index (χ3n) is 3.45. The molecule has 22 heavy (non-hydrogen) atoms. The van der Waals surface area contributed by atoms with E-state index in [4.69, 9.17) is 16.5 Å². The van der Waals surface area contributed by atoms with Gasteiger partial charge >= 0.3 is 0 Å². The minimum atomic E-state index is 0.519. The van der Waals surface area contributed by atoms with Crippen LogP contribution >= 0.6 is 11.3 Å². The molecule has 0 unspecified atom stereocenters. The highest BCUT2D eigenvalue weighted by molar-refractivity contribution is 7.15. The first-order chi connectivity index (χ1) is 10.7. The monoisotopic (exact) mass is 310 g/mol. The molecule has 0 aliphatic heterocycles. The summed E-state index contributed by atoms with van der Waals surface area (Å²) >= 11 is 1.70. The zero-order valence-electron chi connectivity index (χ0n) is 12.4. The van der Waals surface area contributed by atoms with Crippen LogP contribution in [0.25, 0.3) is 21.7 Å². The summed E-state index contributed by atoms with van der Waals surface area (Å²) in [5.41, 5.74) is 15.8. The lowest BCUT2D eigenvalue weighted by Crippen LogP contribution is -1.96. The molecule has 3 rings (SSSR count). The maximum absolute atomic E-state index is 5.83. The van der Waals surface area contributed by atoms with Gasteiger partial charge in [-0.1, -0.05) is 25.1 Å². The molecule has 2 aromatic heterocycles. The van der Waals surface area contributed by atoms with Crippen LogP contribution in [0.1, 0.15) is 17.5 Å². The molecule has 112 valence electrons. The first-order valence-electron chi connectivity index (χ1n) is 7.22. The molecular formula is C17H18N4S. The number of hydrogen-bond donors (Lipinski definition) is 2. The molecule has 0 saturated carbocycles. The summed E-state index contributed by atoms with van der Waals surface area (Å²) in [4.78, 5) is 9.99. The Morgan fingerprint density at radius 1 is 1.14 bits per heavy atom. The van der Waals surface area contributed by atoms with Gasteiger partial charge in [-0.2, -0.15) is 0 Å². The molecule has 4 N–H and O–H groups in total. The zero-order valence-corrected chi connectivity index (χ0v) is 13.2. The maximum atomic E-state index is 5.83. The molecule has 1 aromatic carbocycles. The molecule has 0 bridgehead atoms. The summed E-state index contributed by atoms with van der Waals surface area (Å²) in [5.74, 6) is 0.519. The van der Waals surface area contributed by atoms with Crippen molar-refractivity contribution >= 4 is 17.2 Å². The van der Waals surface area contributed by atoms with E-state index in [0.29, 0.717) is 12.4 Å². The van der Waals surface area contributed by atoms with Crippen molar-refractivity contribution < 1.29 is 0 Å². The van der Waals surface area contributed by atoms with Crippen LogP contribution in [0.15, 0.2) is 42.6 Å². The van der Waals surface area contributed by atoms with Gasteiger partial charge in [0, 0.05) is 18.3 Å². The Morgan fingerprint density at radius 2 is 2.00 bits per heavy atom. The van der Waals surface area contributed by atoms with Crippen LogP contribution in [0.2, 0.25) is 0 Å². The van der Waals surface area contributed by atoms with Gasteiger partial charge in [0.05, 0.1) is 15.6 Å². The Bertz CT molecular complexity index is 795. The molecular weight excluding hydrogens is 292 g/mol. The highest BCUT2D eigenvalue weighted by Gasteiger charge is 2.15. The van der Waals surface area contributed by atoms with E-state index in [9.17, 15) is 0 Å². The van der Waals surface area contributed by atoms with Crippen LogP contribution in [0.3, 0.4) is 0 Å². The fourth-order valence-electron chi connectivity index (χ4n) is 2.34. The topological polar surface area (TPSA) is 77.8 Å². The van der Waals surface area contributed by atoms with Gasteiger partial charge in [0.2, 0.25) is 0 Å². The lowest BCUT2D eigenvalue weighted by atomic mass is 10.0. The molecule has 3 aromatic rings. The van der Waals surface area contributed by atoms with Crippen molar-refractivity contribution in [3.63, 3.8) is 0 Å². The molecule has 2 heterocycles. The number of anilines is 1. The first-order valence-corrected chi connectivity index (χ1v) is 8.04. The first kappa shape index (κ1) is 14.7. The average Bonchev–Trinajstić information content (AvgIpc) is 2.99. The molecule has 4 nitrogen and oxygen atoms in total. The second-order valence-corrected chi connectivity index (χ2v) is 6.10. The van der Waals surface area contributed by atoms with E-state index in [1.165, 1.54) is 0 Å². The number of nitrogen functional groups attached to an aromatic ring is 1. The van der Waals surface area contributed by atoms with Crippen LogP contribution in [0.5, 0.6) is 0 Å². The Labute approximate surface area is 133 Å². The molecule has 0 spiro atoms. The minimum absolute atomic E-state index is 0.519. The van der Waals surface area contributed by atoms with Crippen LogP contribution in [0, 0.1) is 0 Å². The van der Waals surface area contributed by atoms with Gasteiger partial charge in [0.25, 0.3) is 0 Å². The van der Waals surface area contributed by atoms with Crippen molar-refractivity contribution in [3.05, 3.63) is 53.2 Å². The number of thiazole rings is 1. The van der Waals surface area contributed by atoms with E-state index in [1.54, 1.807) is 17.5 Å². The average molecular weight is 310 g/mol. The number of aryl methyl sites for hydroxylation is 1. The summed E-state index contributed by atoms with van der Waals surface area (Å²) in [7, 11) is 0. The fraction of sp³-hybridized carbons (Fsp3) is 0.176. The van der Waals surface area contributed by atoms with E-state index in [0.717, 1.165) is 38.7 Å². The molecule has 0 amide bonds. The molecule has 5 heteroatoms. The van der Waals surface area contributed by atoms with Gasteiger partial charge in [0.1, 0.15) is 5.82 Å². The predicted octanol–water partition coefficient (Wildman–Crippen LogP) is 3.48. The van der Waals surface area contributed by atoms with Crippen LogP contribution in [-0.4, -0.2) is 9.97 Å². The standard InChI is InChI=1S/C17H18N4S/c1-2-15-21-16(12-5-3-4-11(8-12)10-18)17(22-15)13-6-7-20-14(19)9-13/h3-9H,2,10,18H2,1H3,(H2,19,20). The van der Waals surface area contributed by atoms with Gasteiger partial charge < -0.3 is 11.5 Å². The number of pyridine rings is 1. The number of nitrogens with zero attached hydrogens (tertiary/aromatic N) is 2.